The molecule has 4 heteroatoms. The molecule has 3 atom stereocenters. The molecule has 5 rings (SSSR count). The van der Waals surface area contributed by atoms with E-state index in [2.05, 4.69) is 60.8 Å². The van der Waals surface area contributed by atoms with Gasteiger partial charge in [-0.3, -0.25) is 0 Å². The Morgan fingerprint density at radius 3 is 2.52 bits per heavy atom. The van der Waals surface area contributed by atoms with Gasteiger partial charge in [0.05, 0.1) is 18.8 Å². The van der Waals surface area contributed by atoms with E-state index in [0.717, 1.165) is 34.2 Å². The van der Waals surface area contributed by atoms with E-state index in [0.29, 0.717) is 18.4 Å². The minimum atomic E-state index is 0.230. The Morgan fingerprint density at radius 1 is 1.00 bits per heavy atom. The molecule has 31 heavy (non-hydrogen) atoms. The van der Waals surface area contributed by atoms with E-state index in [4.69, 9.17) is 21.1 Å². The Labute approximate surface area is 188 Å². The van der Waals surface area contributed by atoms with E-state index in [1.807, 2.05) is 24.3 Å². The van der Waals surface area contributed by atoms with Gasteiger partial charge in [0.2, 0.25) is 0 Å². The highest BCUT2D eigenvalue weighted by molar-refractivity contribution is 6.30. The van der Waals surface area contributed by atoms with E-state index in [1.165, 1.54) is 16.7 Å². The van der Waals surface area contributed by atoms with Crippen LogP contribution in [0.2, 0.25) is 5.02 Å². The van der Waals surface area contributed by atoms with Crippen molar-refractivity contribution in [2.45, 2.75) is 31.9 Å². The van der Waals surface area contributed by atoms with E-state index >= 15 is 0 Å². The van der Waals surface area contributed by atoms with Gasteiger partial charge in [-0.1, -0.05) is 54.1 Å². The molecule has 3 aromatic rings. The number of benzene rings is 3. The molecule has 1 heterocycles. The average Bonchev–Trinajstić information content (AvgIpc) is 3.29. The highest BCUT2D eigenvalue weighted by atomic mass is 35.5. The summed E-state index contributed by atoms with van der Waals surface area (Å²) in [5.41, 5.74) is 6.18. The van der Waals surface area contributed by atoms with Crippen molar-refractivity contribution in [3.05, 3.63) is 100 Å². The molecule has 1 N–H and O–H groups in total. The Balaban J connectivity index is 1.38. The molecule has 0 radical (unpaired) electrons. The lowest BCUT2D eigenvalue weighted by Crippen LogP contribution is -2.30. The van der Waals surface area contributed by atoms with Gasteiger partial charge in [-0.25, -0.2) is 0 Å². The summed E-state index contributed by atoms with van der Waals surface area (Å²) in [4.78, 5) is 0. The number of allylic oxidation sites excluding steroid dienone is 2. The summed E-state index contributed by atoms with van der Waals surface area (Å²) < 4.78 is 11.7. The SMILES string of the molecule is COc1ccc(C)c2c1N[C@@H](c1ccc(OCc3ccc(Cl)cc3)cc1)[C@H]1CC=C[C@@H]21. The monoisotopic (exact) mass is 431 g/mol. The maximum absolute atomic E-state index is 5.97. The number of methoxy groups -OCH3 is 1. The second kappa shape index (κ2) is 8.32. The molecule has 3 nitrogen and oxygen atoms in total. The molecule has 3 aromatic carbocycles. The molecule has 158 valence electrons. The Morgan fingerprint density at radius 2 is 1.77 bits per heavy atom. The fourth-order valence-corrected chi connectivity index (χ4v) is 5.02. The number of hydrogen-bond acceptors (Lipinski definition) is 3. The van der Waals surface area contributed by atoms with Crippen LogP contribution in [0.4, 0.5) is 5.69 Å². The molecule has 1 aliphatic carbocycles. The summed E-state index contributed by atoms with van der Waals surface area (Å²) in [7, 11) is 1.74. The minimum Gasteiger partial charge on any atom is -0.495 e. The molecule has 1 aliphatic heterocycles. The highest BCUT2D eigenvalue weighted by Gasteiger charge is 2.39. The third-order valence-electron chi connectivity index (χ3n) is 6.48. The summed E-state index contributed by atoms with van der Waals surface area (Å²) >= 11 is 5.96. The first-order valence-electron chi connectivity index (χ1n) is 10.7. The van der Waals surface area contributed by atoms with E-state index < -0.39 is 0 Å². The molecule has 0 aromatic heterocycles. The molecular formula is C27H26ClNO2. The minimum absolute atomic E-state index is 0.230. The van der Waals surface area contributed by atoms with E-state index in [9.17, 15) is 0 Å². The van der Waals surface area contributed by atoms with Crippen LogP contribution in [0.25, 0.3) is 0 Å². The molecule has 0 saturated carbocycles. The van der Waals surface area contributed by atoms with Crippen molar-refractivity contribution in [1.29, 1.82) is 0 Å². The van der Waals surface area contributed by atoms with Crippen molar-refractivity contribution in [2.24, 2.45) is 5.92 Å². The lowest BCUT2D eigenvalue weighted by Gasteiger charge is -2.39. The fraction of sp³-hybridized carbons (Fsp3) is 0.259. The van der Waals surface area contributed by atoms with Crippen LogP contribution in [0.5, 0.6) is 11.5 Å². The number of hydrogen-bond donors (Lipinski definition) is 1. The van der Waals surface area contributed by atoms with Crippen molar-refractivity contribution in [3.63, 3.8) is 0 Å². The molecule has 0 spiro atoms. The summed E-state index contributed by atoms with van der Waals surface area (Å²) in [6.45, 7) is 2.72. The summed E-state index contributed by atoms with van der Waals surface area (Å²) in [5.74, 6) is 2.69. The zero-order chi connectivity index (χ0) is 21.4. The molecule has 0 bridgehead atoms. The Kier molecular flexibility index (Phi) is 5.37. The molecular weight excluding hydrogens is 406 g/mol. The quantitative estimate of drug-likeness (QED) is 0.438. The second-order valence-electron chi connectivity index (χ2n) is 8.33. The molecule has 2 aliphatic rings. The van der Waals surface area contributed by atoms with Gasteiger partial charge < -0.3 is 14.8 Å². The van der Waals surface area contributed by atoms with Gasteiger partial charge in [0.15, 0.2) is 0 Å². The van der Waals surface area contributed by atoms with Gasteiger partial charge >= 0.3 is 0 Å². The first kappa shape index (κ1) is 20.0. The van der Waals surface area contributed by atoms with Crippen LogP contribution >= 0.6 is 11.6 Å². The third-order valence-corrected chi connectivity index (χ3v) is 6.73. The maximum atomic E-state index is 5.97. The second-order valence-corrected chi connectivity index (χ2v) is 8.77. The van der Waals surface area contributed by atoms with Gasteiger partial charge in [-0.05, 0) is 71.8 Å². The summed E-state index contributed by atoms with van der Waals surface area (Å²) in [5, 5.41) is 4.55. The Bertz CT molecular complexity index is 1110. The first-order valence-corrected chi connectivity index (χ1v) is 11.1. The normalized spacial score (nSPS) is 21.2. The maximum Gasteiger partial charge on any atom is 0.142 e. The fourth-order valence-electron chi connectivity index (χ4n) is 4.89. The van der Waals surface area contributed by atoms with Crippen LogP contribution in [0, 0.1) is 12.8 Å². The first-order chi connectivity index (χ1) is 15.1. The van der Waals surface area contributed by atoms with Crippen LogP contribution in [0.1, 0.15) is 40.6 Å². The highest BCUT2D eigenvalue weighted by Crippen LogP contribution is 2.53. The van der Waals surface area contributed by atoms with Crippen molar-refractivity contribution in [3.8, 4) is 11.5 Å². The van der Waals surface area contributed by atoms with Gasteiger partial charge in [-0.15, -0.1) is 0 Å². The number of aryl methyl sites for hydroxylation is 1. The van der Waals surface area contributed by atoms with Crippen LogP contribution in [0.15, 0.2) is 72.8 Å². The molecule has 0 unspecified atom stereocenters. The van der Waals surface area contributed by atoms with Crippen molar-refractivity contribution < 1.29 is 9.47 Å². The van der Waals surface area contributed by atoms with Gasteiger partial charge in [0.25, 0.3) is 0 Å². The zero-order valence-corrected chi connectivity index (χ0v) is 18.5. The van der Waals surface area contributed by atoms with Crippen LogP contribution < -0.4 is 14.8 Å². The Hall–Kier alpha value is -2.91. The number of ether oxygens (including phenoxy) is 2. The number of anilines is 1. The predicted octanol–water partition coefficient (Wildman–Crippen LogP) is 7.06. The molecule has 0 fully saturated rings. The largest absolute Gasteiger partial charge is 0.495 e. The van der Waals surface area contributed by atoms with Gasteiger partial charge in [-0.2, -0.15) is 0 Å². The summed E-state index contributed by atoms with van der Waals surface area (Å²) in [6.07, 6.45) is 5.77. The van der Waals surface area contributed by atoms with E-state index in [1.54, 1.807) is 7.11 Å². The molecule has 0 amide bonds. The summed E-state index contributed by atoms with van der Waals surface area (Å²) in [6, 6.07) is 20.7. The zero-order valence-electron chi connectivity index (χ0n) is 17.8. The smallest absolute Gasteiger partial charge is 0.142 e. The van der Waals surface area contributed by atoms with Crippen LogP contribution in [-0.2, 0) is 6.61 Å². The number of halogens is 1. The number of rotatable bonds is 5. The number of nitrogens with one attached hydrogen (secondary N) is 1. The topological polar surface area (TPSA) is 30.5 Å². The number of fused-ring (bicyclic) bond motifs is 3. The third kappa shape index (κ3) is 3.79. The van der Waals surface area contributed by atoms with Gasteiger partial charge in [0, 0.05) is 10.9 Å². The van der Waals surface area contributed by atoms with Gasteiger partial charge in [0.1, 0.15) is 18.1 Å². The average molecular weight is 432 g/mol. The van der Waals surface area contributed by atoms with E-state index in [-0.39, 0.29) is 6.04 Å². The van der Waals surface area contributed by atoms with Crippen LogP contribution in [-0.4, -0.2) is 7.11 Å². The lowest BCUT2D eigenvalue weighted by atomic mass is 9.75. The van der Waals surface area contributed by atoms with Crippen molar-refractivity contribution in [2.75, 3.05) is 12.4 Å². The van der Waals surface area contributed by atoms with Crippen molar-refractivity contribution in [1.82, 2.24) is 0 Å². The van der Waals surface area contributed by atoms with Crippen LogP contribution in [0.3, 0.4) is 0 Å². The van der Waals surface area contributed by atoms with Crippen molar-refractivity contribution >= 4 is 17.3 Å². The predicted molar refractivity (Wildman–Crippen MR) is 126 cm³/mol. The molecule has 0 saturated heterocycles. The standard InChI is InChI=1S/C27H26ClNO2/c1-17-6-15-24(30-2)27-25(17)22-4-3-5-23(22)26(29-27)19-9-13-21(14-10-19)31-16-18-7-11-20(28)12-8-18/h3-4,6-15,22-23,26,29H,5,16H2,1-2H3/t22-,23+,26+/m1/s1. The lowest BCUT2D eigenvalue weighted by molar-refractivity contribution is 0.306.